The van der Waals surface area contributed by atoms with Gasteiger partial charge in [-0.2, -0.15) is 5.26 Å². The van der Waals surface area contributed by atoms with Crippen molar-refractivity contribution in [2.75, 3.05) is 23.3 Å². The van der Waals surface area contributed by atoms with Gasteiger partial charge in [-0.3, -0.25) is 4.90 Å². The van der Waals surface area contributed by atoms with Crippen molar-refractivity contribution in [2.24, 2.45) is 5.41 Å². The average Bonchev–Trinajstić information content (AvgIpc) is 2.45. The van der Waals surface area contributed by atoms with Crippen LogP contribution < -0.4 is 15.0 Å². The van der Waals surface area contributed by atoms with Gasteiger partial charge in [-0.15, -0.1) is 0 Å². The van der Waals surface area contributed by atoms with Crippen molar-refractivity contribution in [1.29, 1.82) is 5.26 Å². The summed E-state index contributed by atoms with van der Waals surface area (Å²) in [5, 5.41) is 21.1. The molecule has 0 saturated heterocycles. The number of benzene rings is 1. The summed E-state index contributed by atoms with van der Waals surface area (Å²) in [7, 11) is 0. The second kappa shape index (κ2) is 6.14. The van der Waals surface area contributed by atoms with Crippen LogP contribution in [0.4, 0.5) is 16.2 Å². The maximum atomic E-state index is 11.5. The van der Waals surface area contributed by atoms with Crippen molar-refractivity contribution < 1.29 is 14.6 Å². The Morgan fingerprint density at radius 3 is 2.86 bits per heavy atom. The highest BCUT2D eigenvalue weighted by Crippen LogP contribution is 2.39. The van der Waals surface area contributed by atoms with Crippen LogP contribution in [0.3, 0.4) is 0 Å². The van der Waals surface area contributed by atoms with E-state index in [1.54, 1.807) is 18.2 Å². The average molecular weight is 303 g/mol. The molecule has 2 N–H and O–H groups in total. The summed E-state index contributed by atoms with van der Waals surface area (Å²) in [6, 6.07) is 7.39. The van der Waals surface area contributed by atoms with Crippen molar-refractivity contribution in [3.63, 3.8) is 0 Å². The van der Waals surface area contributed by atoms with E-state index in [1.165, 1.54) is 4.90 Å². The van der Waals surface area contributed by atoms with E-state index < -0.39 is 6.09 Å². The first-order valence-corrected chi connectivity index (χ1v) is 7.25. The number of amides is 1. The lowest BCUT2D eigenvalue weighted by Crippen LogP contribution is -2.48. The number of rotatable bonds is 3. The normalized spacial score (nSPS) is 17.2. The fraction of sp³-hybridized carbons (Fsp3) is 0.500. The van der Waals surface area contributed by atoms with Gasteiger partial charge in [-0.1, -0.05) is 20.8 Å². The molecule has 1 aliphatic rings. The molecule has 0 spiro atoms. The molecule has 1 atom stereocenters. The fourth-order valence-corrected chi connectivity index (χ4v) is 2.29. The first-order valence-electron chi connectivity index (χ1n) is 7.25. The van der Waals surface area contributed by atoms with Crippen LogP contribution in [0.25, 0.3) is 0 Å². The summed E-state index contributed by atoms with van der Waals surface area (Å²) in [6.45, 7) is 6.93. The summed E-state index contributed by atoms with van der Waals surface area (Å²) in [5.41, 5.74) is 1.20. The predicted octanol–water partition coefficient (Wildman–Crippen LogP) is 3.30. The van der Waals surface area contributed by atoms with E-state index in [-0.39, 0.29) is 11.5 Å². The molecule has 0 aromatic heterocycles. The Morgan fingerprint density at radius 1 is 1.55 bits per heavy atom. The molecule has 0 fully saturated rings. The standard InChI is InChI=1S/C16H21N3O3/c1-16(2,3)14-10-19(15(20)21)12-6-5-11(9-13(12)22-14)18-8-4-7-17/h5-6,9,14,18H,4,8,10H2,1-3H3,(H,20,21). The number of nitriles is 1. The quantitative estimate of drug-likeness (QED) is 0.837. The Morgan fingerprint density at radius 2 is 2.27 bits per heavy atom. The van der Waals surface area contributed by atoms with Gasteiger partial charge in [0.05, 0.1) is 24.7 Å². The number of hydrogen-bond acceptors (Lipinski definition) is 4. The van der Waals surface area contributed by atoms with E-state index >= 15 is 0 Å². The van der Waals surface area contributed by atoms with Crippen molar-refractivity contribution in [2.45, 2.75) is 33.3 Å². The number of fused-ring (bicyclic) bond motifs is 1. The van der Waals surface area contributed by atoms with E-state index in [1.807, 2.05) is 20.8 Å². The third-order valence-corrected chi connectivity index (χ3v) is 3.63. The van der Waals surface area contributed by atoms with E-state index in [2.05, 4.69) is 11.4 Å². The molecule has 1 unspecified atom stereocenters. The number of ether oxygens (including phenoxy) is 1. The van der Waals surface area contributed by atoms with Crippen molar-refractivity contribution >= 4 is 17.5 Å². The van der Waals surface area contributed by atoms with Crippen LogP contribution >= 0.6 is 0 Å². The molecule has 1 aromatic rings. The molecule has 1 heterocycles. The lowest BCUT2D eigenvalue weighted by atomic mass is 9.87. The molecular formula is C16H21N3O3. The van der Waals surface area contributed by atoms with Crippen LogP contribution in [0.1, 0.15) is 27.2 Å². The van der Waals surface area contributed by atoms with Crippen LogP contribution in [-0.4, -0.2) is 30.4 Å². The van der Waals surface area contributed by atoms with Gasteiger partial charge >= 0.3 is 6.09 Å². The number of carbonyl (C=O) groups is 1. The lowest BCUT2D eigenvalue weighted by Gasteiger charge is -2.39. The smallest absolute Gasteiger partial charge is 0.412 e. The Hall–Kier alpha value is -2.42. The Bertz CT molecular complexity index is 602. The first-order chi connectivity index (χ1) is 10.3. The number of carboxylic acid groups (broad SMARTS) is 1. The molecule has 0 radical (unpaired) electrons. The van der Waals surface area contributed by atoms with Gasteiger partial charge < -0.3 is 15.2 Å². The molecule has 1 amide bonds. The van der Waals surface area contributed by atoms with Crippen molar-refractivity contribution in [3.8, 4) is 11.8 Å². The highest BCUT2D eigenvalue weighted by atomic mass is 16.5. The molecule has 1 aliphatic heterocycles. The highest BCUT2D eigenvalue weighted by Gasteiger charge is 2.36. The van der Waals surface area contributed by atoms with Crippen molar-refractivity contribution in [1.82, 2.24) is 0 Å². The molecule has 118 valence electrons. The zero-order chi connectivity index (χ0) is 16.3. The Kier molecular flexibility index (Phi) is 4.45. The van der Waals surface area contributed by atoms with Crippen LogP contribution in [0.5, 0.6) is 5.75 Å². The van der Waals surface area contributed by atoms with Gasteiger partial charge in [0.25, 0.3) is 0 Å². The third-order valence-electron chi connectivity index (χ3n) is 3.63. The molecule has 2 rings (SSSR count). The molecule has 0 saturated carbocycles. The maximum absolute atomic E-state index is 11.5. The van der Waals surface area contributed by atoms with Gasteiger partial charge in [0.2, 0.25) is 0 Å². The van der Waals surface area contributed by atoms with Crippen LogP contribution in [-0.2, 0) is 0 Å². The number of anilines is 2. The van der Waals surface area contributed by atoms with E-state index in [0.29, 0.717) is 30.9 Å². The van der Waals surface area contributed by atoms with E-state index in [4.69, 9.17) is 10.00 Å². The summed E-state index contributed by atoms with van der Waals surface area (Å²) < 4.78 is 6.01. The highest BCUT2D eigenvalue weighted by molar-refractivity contribution is 5.89. The topological polar surface area (TPSA) is 85.6 Å². The minimum atomic E-state index is -0.982. The van der Waals surface area contributed by atoms with Gasteiger partial charge in [-0.05, 0) is 12.1 Å². The zero-order valence-corrected chi connectivity index (χ0v) is 13.1. The minimum Gasteiger partial charge on any atom is -0.486 e. The minimum absolute atomic E-state index is 0.171. The summed E-state index contributed by atoms with van der Waals surface area (Å²) in [6.07, 6.45) is -0.793. The van der Waals surface area contributed by atoms with Crippen LogP contribution in [0, 0.1) is 16.7 Å². The monoisotopic (exact) mass is 303 g/mol. The summed E-state index contributed by atoms with van der Waals surface area (Å²) >= 11 is 0. The largest absolute Gasteiger partial charge is 0.486 e. The molecule has 6 nitrogen and oxygen atoms in total. The third kappa shape index (κ3) is 3.42. The number of hydrogen-bond donors (Lipinski definition) is 2. The molecule has 0 aliphatic carbocycles. The lowest BCUT2D eigenvalue weighted by molar-refractivity contribution is 0.0828. The van der Waals surface area contributed by atoms with Gasteiger partial charge in [-0.25, -0.2) is 4.79 Å². The van der Waals surface area contributed by atoms with Gasteiger partial charge in [0.1, 0.15) is 11.9 Å². The molecule has 6 heteroatoms. The first kappa shape index (κ1) is 16.0. The molecule has 0 bridgehead atoms. The van der Waals surface area contributed by atoms with Crippen molar-refractivity contribution in [3.05, 3.63) is 18.2 Å². The summed E-state index contributed by atoms with van der Waals surface area (Å²) in [4.78, 5) is 12.8. The SMILES string of the molecule is CC(C)(C)C1CN(C(=O)O)c2ccc(NCCC#N)cc2O1. The zero-order valence-electron chi connectivity index (χ0n) is 13.1. The Labute approximate surface area is 130 Å². The second-order valence-corrected chi connectivity index (χ2v) is 6.38. The van der Waals surface area contributed by atoms with E-state index in [0.717, 1.165) is 5.69 Å². The van der Waals surface area contributed by atoms with Crippen LogP contribution in [0.15, 0.2) is 18.2 Å². The van der Waals surface area contributed by atoms with Gasteiger partial charge in [0.15, 0.2) is 0 Å². The molecular weight excluding hydrogens is 282 g/mol. The number of nitrogens with zero attached hydrogens (tertiary/aromatic N) is 2. The van der Waals surface area contributed by atoms with Crippen LogP contribution in [0.2, 0.25) is 0 Å². The summed E-state index contributed by atoms with van der Waals surface area (Å²) in [5.74, 6) is 0.551. The Balaban J connectivity index is 2.29. The second-order valence-electron chi connectivity index (χ2n) is 6.38. The number of nitrogens with one attached hydrogen (secondary N) is 1. The molecule has 22 heavy (non-hydrogen) atoms. The van der Waals surface area contributed by atoms with E-state index in [9.17, 15) is 9.90 Å². The molecule has 1 aromatic carbocycles. The van der Waals surface area contributed by atoms with Gasteiger partial charge in [0, 0.05) is 23.7 Å². The predicted molar refractivity (Wildman–Crippen MR) is 84.4 cm³/mol. The maximum Gasteiger partial charge on any atom is 0.412 e. The fourth-order valence-electron chi connectivity index (χ4n) is 2.29.